The summed E-state index contributed by atoms with van der Waals surface area (Å²) >= 11 is 0. The second-order valence-corrected chi connectivity index (χ2v) is 8.59. The van der Waals surface area contributed by atoms with Crippen LogP contribution in [0, 0.1) is 6.92 Å². The molecule has 2 aromatic carbocycles. The van der Waals surface area contributed by atoms with E-state index >= 15 is 0 Å². The van der Waals surface area contributed by atoms with Crippen molar-refractivity contribution in [2.24, 2.45) is 0 Å². The van der Waals surface area contributed by atoms with Crippen LogP contribution in [0.25, 0.3) is 11.5 Å². The van der Waals surface area contributed by atoms with E-state index < -0.39 is 5.54 Å². The number of carbonyl (C=O) groups excluding carboxylic acids is 2. The van der Waals surface area contributed by atoms with Crippen LogP contribution in [0.4, 0.5) is 5.69 Å². The molecule has 5 rings (SSSR count). The van der Waals surface area contributed by atoms with E-state index in [0.717, 1.165) is 16.8 Å². The number of nitrogens with zero attached hydrogens (tertiary/aromatic N) is 2. The van der Waals surface area contributed by atoms with Gasteiger partial charge in [0.1, 0.15) is 17.0 Å². The molecule has 0 saturated carbocycles. The first-order valence-electron chi connectivity index (χ1n) is 10.9. The first kappa shape index (κ1) is 20.8. The summed E-state index contributed by atoms with van der Waals surface area (Å²) in [5.41, 5.74) is 2.92. The van der Waals surface area contributed by atoms with Gasteiger partial charge in [0.15, 0.2) is 0 Å². The van der Waals surface area contributed by atoms with Crippen LogP contribution in [0.15, 0.2) is 89.5 Å². The number of amides is 2. The molecule has 0 aliphatic carbocycles. The molecular weight excluding hydrogens is 414 g/mol. The number of nitrogens with one attached hydrogen (secondary N) is 1. The lowest BCUT2D eigenvalue weighted by atomic mass is 9.93. The van der Waals surface area contributed by atoms with Crippen molar-refractivity contribution in [2.45, 2.75) is 32.5 Å². The number of benzene rings is 2. The van der Waals surface area contributed by atoms with E-state index in [2.05, 4.69) is 5.32 Å². The SMILES string of the molecule is Cc1ccc(N2C(=O)c3ccc(-c4ccco4)n3C[C@]2(C)C(=O)NCc2ccccc2)cc1. The zero-order chi connectivity index (χ0) is 23.0. The monoisotopic (exact) mass is 439 g/mol. The van der Waals surface area contributed by atoms with Gasteiger partial charge in [-0.1, -0.05) is 48.0 Å². The van der Waals surface area contributed by atoms with Crippen molar-refractivity contribution in [3.63, 3.8) is 0 Å². The number of hydrogen-bond donors (Lipinski definition) is 1. The zero-order valence-electron chi connectivity index (χ0n) is 18.6. The summed E-state index contributed by atoms with van der Waals surface area (Å²) in [4.78, 5) is 29.1. The fraction of sp³-hybridized carbons (Fsp3) is 0.185. The smallest absolute Gasteiger partial charge is 0.275 e. The van der Waals surface area contributed by atoms with Crippen molar-refractivity contribution in [3.05, 3.63) is 102 Å². The quantitative estimate of drug-likeness (QED) is 0.486. The Morgan fingerprint density at radius 3 is 2.39 bits per heavy atom. The predicted molar refractivity (Wildman–Crippen MR) is 127 cm³/mol. The fourth-order valence-corrected chi connectivity index (χ4v) is 4.42. The maximum Gasteiger partial charge on any atom is 0.275 e. The summed E-state index contributed by atoms with van der Waals surface area (Å²) in [6.07, 6.45) is 1.60. The third-order valence-electron chi connectivity index (χ3n) is 6.21. The summed E-state index contributed by atoms with van der Waals surface area (Å²) in [6, 6.07) is 24.8. The number of fused-ring (bicyclic) bond motifs is 1. The highest BCUT2D eigenvalue weighted by Gasteiger charge is 2.48. The van der Waals surface area contributed by atoms with E-state index in [1.807, 2.05) is 91.2 Å². The molecule has 1 N–H and O–H groups in total. The molecule has 3 heterocycles. The Kier molecular flexibility index (Phi) is 5.13. The van der Waals surface area contributed by atoms with E-state index in [1.165, 1.54) is 0 Å². The molecule has 2 amide bonds. The van der Waals surface area contributed by atoms with Gasteiger partial charge >= 0.3 is 0 Å². The van der Waals surface area contributed by atoms with Crippen LogP contribution >= 0.6 is 0 Å². The first-order chi connectivity index (χ1) is 16.0. The summed E-state index contributed by atoms with van der Waals surface area (Å²) in [5.74, 6) is 0.218. The highest BCUT2D eigenvalue weighted by molar-refractivity contribution is 6.12. The Hall–Kier alpha value is -4.06. The first-order valence-corrected chi connectivity index (χ1v) is 10.9. The molecule has 1 atom stereocenters. The van der Waals surface area contributed by atoms with Gasteiger partial charge in [-0.25, -0.2) is 0 Å². The predicted octanol–water partition coefficient (Wildman–Crippen LogP) is 4.79. The van der Waals surface area contributed by atoms with Crippen LogP contribution in [0.2, 0.25) is 0 Å². The van der Waals surface area contributed by atoms with Crippen LogP contribution in [-0.4, -0.2) is 21.9 Å². The van der Waals surface area contributed by atoms with Crippen molar-refractivity contribution < 1.29 is 14.0 Å². The van der Waals surface area contributed by atoms with Crippen molar-refractivity contribution in [2.75, 3.05) is 4.90 Å². The molecular formula is C27H25N3O3. The minimum Gasteiger partial charge on any atom is -0.463 e. The summed E-state index contributed by atoms with van der Waals surface area (Å²) < 4.78 is 7.47. The normalized spacial score (nSPS) is 17.6. The van der Waals surface area contributed by atoms with Gasteiger partial charge in [-0.3, -0.25) is 14.5 Å². The third kappa shape index (κ3) is 3.63. The lowest BCUT2D eigenvalue weighted by Gasteiger charge is -2.44. The molecule has 0 saturated heterocycles. The maximum atomic E-state index is 13.8. The molecule has 0 unspecified atom stereocenters. The topological polar surface area (TPSA) is 67.5 Å². The van der Waals surface area contributed by atoms with Crippen LogP contribution < -0.4 is 10.2 Å². The number of furan rings is 1. The Labute approximate surface area is 192 Å². The standard InChI is InChI=1S/C27H25N3O3/c1-19-10-12-21(13-11-19)30-25(31)23-15-14-22(24-9-6-16-33-24)29(23)18-27(30,2)26(32)28-17-20-7-4-3-5-8-20/h3-16H,17-18H2,1-2H3,(H,28,32)/t27-/m1/s1. The fourth-order valence-electron chi connectivity index (χ4n) is 4.42. The van der Waals surface area contributed by atoms with Crippen molar-refractivity contribution in [1.82, 2.24) is 9.88 Å². The lowest BCUT2D eigenvalue weighted by molar-refractivity contribution is -0.126. The molecule has 2 aromatic heterocycles. The van der Waals surface area contributed by atoms with Crippen LogP contribution in [0.5, 0.6) is 0 Å². The second kappa shape index (κ2) is 8.13. The Morgan fingerprint density at radius 2 is 1.70 bits per heavy atom. The highest BCUT2D eigenvalue weighted by atomic mass is 16.3. The van der Waals surface area contributed by atoms with Gasteiger partial charge in [0.25, 0.3) is 5.91 Å². The molecule has 166 valence electrons. The average molecular weight is 440 g/mol. The number of aryl methyl sites for hydroxylation is 1. The van der Waals surface area contributed by atoms with E-state index in [9.17, 15) is 9.59 Å². The van der Waals surface area contributed by atoms with Crippen molar-refractivity contribution in [3.8, 4) is 11.5 Å². The molecule has 33 heavy (non-hydrogen) atoms. The Morgan fingerprint density at radius 1 is 0.970 bits per heavy atom. The summed E-state index contributed by atoms with van der Waals surface area (Å²) in [5, 5.41) is 3.05. The van der Waals surface area contributed by atoms with Crippen LogP contribution in [0.3, 0.4) is 0 Å². The van der Waals surface area contributed by atoms with Crippen molar-refractivity contribution >= 4 is 17.5 Å². The van der Waals surface area contributed by atoms with Gasteiger partial charge in [0, 0.05) is 12.2 Å². The van der Waals surface area contributed by atoms with E-state index in [1.54, 1.807) is 17.2 Å². The van der Waals surface area contributed by atoms with Crippen LogP contribution in [-0.2, 0) is 17.9 Å². The number of carbonyl (C=O) groups is 2. The van der Waals surface area contributed by atoms with Crippen molar-refractivity contribution in [1.29, 1.82) is 0 Å². The zero-order valence-corrected chi connectivity index (χ0v) is 18.6. The third-order valence-corrected chi connectivity index (χ3v) is 6.21. The van der Waals surface area contributed by atoms with E-state index in [0.29, 0.717) is 30.2 Å². The Bertz CT molecular complexity index is 1290. The lowest BCUT2D eigenvalue weighted by Crippen LogP contribution is -2.64. The summed E-state index contributed by atoms with van der Waals surface area (Å²) in [6.45, 7) is 4.49. The highest BCUT2D eigenvalue weighted by Crippen LogP contribution is 2.36. The minimum absolute atomic E-state index is 0.218. The molecule has 1 aliphatic heterocycles. The minimum atomic E-state index is -1.14. The molecule has 0 spiro atoms. The number of aromatic nitrogens is 1. The molecule has 0 bridgehead atoms. The molecule has 4 aromatic rings. The van der Waals surface area contributed by atoms with Gasteiger partial charge in [0.05, 0.1) is 18.5 Å². The number of rotatable bonds is 5. The number of hydrogen-bond acceptors (Lipinski definition) is 3. The molecule has 6 nitrogen and oxygen atoms in total. The van der Waals surface area contributed by atoms with Gasteiger partial charge in [-0.15, -0.1) is 0 Å². The van der Waals surface area contributed by atoms with Gasteiger partial charge in [-0.05, 0) is 55.8 Å². The maximum absolute atomic E-state index is 13.8. The average Bonchev–Trinajstić information content (AvgIpc) is 3.49. The van der Waals surface area contributed by atoms with Crippen LogP contribution in [0.1, 0.15) is 28.5 Å². The molecule has 0 fully saturated rings. The molecule has 6 heteroatoms. The van der Waals surface area contributed by atoms with Gasteiger partial charge in [0.2, 0.25) is 5.91 Å². The van der Waals surface area contributed by atoms with Gasteiger partial charge in [-0.2, -0.15) is 0 Å². The van der Waals surface area contributed by atoms with E-state index in [4.69, 9.17) is 4.42 Å². The largest absolute Gasteiger partial charge is 0.463 e. The Balaban J connectivity index is 1.56. The number of anilines is 1. The summed E-state index contributed by atoms with van der Waals surface area (Å²) in [7, 11) is 0. The van der Waals surface area contributed by atoms with E-state index in [-0.39, 0.29) is 11.8 Å². The van der Waals surface area contributed by atoms with Gasteiger partial charge < -0.3 is 14.3 Å². The second-order valence-electron chi connectivity index (χ2n) is 8.59. The molecule has 1 aliphatic rings. The molecule has 0 radical (unpaired) electrons.